The summed E-state index contributed by atoms with van der Waals surface area (Å²) in [5.41, 5.74) is 5.47. The maximum atomic E-state index is 11.8. The Kier molecular flexibility index (Phi) is 3.70. The molecule has 0 unspecified atom stereocenters. The predicted molar refractivity (Wildman–Crippen MR) is 51.7 cm³/mol. The second kappa shape index (κ2) is 4.82. The molecule has 0 saturated carbocycles. The van der Waals surface area contributed by atoms with Crippen LogP contribution in [0, 0.1) is 0 Å². The van der Waals surface area contributed by atoms with Gasteiger partial charge in [-0.2, -0.15) is 13.2 Å². The van der Waals surface area contributed by atoms with Gasteiger partial charge in [-0.25, -0.2) is 4.98 Å². The van der Waals surface area contributed by atoms with Crippen LogP contribution in [0.1, 0.15) is 16.8 Å². The molecule has 0 radical (unpaired) electrons. The maximum absolute atomic E-state index is 11.8. The molecule has 1 amide bonds. The van der Waals surface area contributed by atoms with E-state index in [1.165, 1.54) is 18.3 Å². The molecule has 0 bridgehead atoms. The van der Waals surface area contributed by atoms with Crippen molar-refractivity contribution < 1.29 is 18.0 Å². The van der Waals surface area contributed by atoms with Crippen LogP contribution in [0.5, 0.6) is 0 Å². The Morgan fingerprint density at radius 2 is 2.12 bits per heavy atom. The zero-order valence-corrected chi connectivity index (χ0v) is 8.21. The van der Waals surface area contributed by atoms with Crippen molar-refractivity contribution in [2.75, 3.05) is 12.3 Å². The first-order chi connectivity index (χ1) is 7.38. The Morgan fingerprint density at radius 1 is 1.44 bits per heavy atom. The SMILES string of the molecule is Nc1ccc(C(=O)NCCC(F)(F)F)cn1. The van der Waals surface area contributed by atoms with E-state index in [9.17, 15) is 18.0 Å². The number of rotatable bonds is 3. The Balaban J connectivity index is 2.44. The first-order valence-corrected chi connectivity index (χ1v) is 4.45. The van der Waals surface area contributed by atoms with Gasteiger partial charge in [0.2, 0.25) is 0 Å². The molecule has 0 aliphatic carbocycles. The number of pyridine rings is 1. The highest BCUT2D eigenvalue weighted by Gasteiger charge is 2.26. The van der Waals surface area contributed by atoms with Crippen LogP contribution in [0.2, 0.25) is 0 Å². The molecule has 1 heterocycles. The van der Waals surface area contributed by atoms with Crippen LogP contribution in [-0.4, -0.2) is 23.6 Å². The molecule has 16 heavy (non-hydrogen) atoms. The van der Waals surface area contributed by atoms with Crippen molar-refractivity contribution in [1.82, 2.24) is 10.3 Å². The van der Waals surface area contributed by atoms with Crippen molar-refractivity contribution in [2.45, 2.75) is 12.6 Å². The highest BCUT2D eigenvalue weighted by molar-refractivity contribution is 5.93. The van der Waals surface area contributed by atoms with Crippen molar-refractivity contribution in [1.29, 1.82) is 0 Å². The summed E-state index contributed by atoms with van der Waals surface area (Å²) in [5, 5.41) is 2.14. The molecule has 4 nitrogen and oxygen atoms in total. The van der Waals surface area contributed by atoms with Crippen LogP contribution in [0.15, 0.2) is 18.3 Å². The quantitative estimate of drug-likeness (QED) is 0.827. The number of carbonyl (C=O) groups is 1. The summed E-state index contributed by atoms with van der Waals surface area (Å²) in [4.78, 5) is 14.9. The number of aromatic nitrogens is 1. The summed E-state index contributed by atoms with van der Waals surface area (Å²) in [6, 6.07) is 2.80. The van der Waals surface area contributed by atoms with Gasteiger partial charge in [0.05, 0.1) is 12.0 Å². The molecule has 1 rings (SSSR count). The number of nitrogen functional groups attached to an aromatic ring is 1. The molecule has 0 aliphatic rings. The highest BCUT2D eigenvalue weighted by Crippen LogP contribution is 2.18. The third kappa shape index (κ3) is 4.16. The normalized spacial score (nSPS) is 11.2. The van der Waals surface area contributed by atoms with Crippen LogP contribution in [0.25, 0.3) is 0 Å². The number of amides is 1. The molecule has 0 saturated heterocycles. The van der Waals surface area contributed by atoms with E-state index in [0.29, 0.717) is 0 Å². The molecule has 7 heteroatoms. The summed E-state index contributed by atoms with van der Waals surface area (Å²) in [5.74, 6) is -0.358. The van der Waals surface area contributed by atoms with Gasteiger partial charge in [-0.15, -0.1) is 0 Å². The number of anilines is 1. The van der Waals surface area contributed by atoms with Gasteiger partial charge in [0.25, 0.3) is 5.91 Å². The molecule has 1 aromatic heterocycles. The van der Waals surface area contributed by atoms with E-state index in [0.717, 1.165) is 0 Å². The lowest BCUT2D eigenvalue weighted by atomic mass is 10.2. The van der Waals surface area contributed by atoms with Gasteiger partial charge in [0.15, 0.2) is 0 Å². The number of nitrogens with one attached hydrogen (secondary N) is 1. The van der Waals surface area contributed by atoms with E-state index in [1.54, 1.807) is 0 Å². The Bertz CT molecular complexity index is 361. The fourth-order valence-electron chi connectivity index (χ4n) is 0.959. The number of alkyl halides is 3. The van der Waals surface area contributed by atoms with Gasteiger partial charge in [-0.1, -0.05) is 0 Å². The third-order valence-corrected chi connectivity index (χ3v) is 1.74. The van der Waals surface area contributed by atoms with Crippen molar-refractivity contribution in [3.8, 4) is 0 Å². The van der Waals surface area contributed by atoms with E-state index in [2.05, 4.69) is 10.3 Å². The van der Waals surface area contributed by atoms with Crippen LogP contribution in [0.4, 0.5) is 19.0 Å². The number of carbonyl (C=O) groups excluding carboxylic acids is 1. The topological polar surface area (TPSA) is 68.0 Å². The van der Waals surface area contributed by atoms with Crippen molar-refractivity contribution >= 4 is 11.7 Å². The average molecular weight is 233 g/mol. The van der Waals surface area contributed by atoms with Crippen molar-refractivity contribution in [3.63, 3.8) is 0 Å². The second-order valence-corrected chi connectivity index (χ2v) is 3.09. The Hall–Kier alpha value is -1.79. The molecule has 1 aromatic rings. The van der Waals surface area contributed by atoms with Crippen molar-refractivity contribution in [3.05, 3.63) is 23.9 Å². The highest BCUT2D eigenvalue weighted by atomic mass is 19.4. The van der Waals surface area contributed by atoms with E-state index in [4.69, 9.17) is 5.73 Å². The van der Waals surface area contributed by atoms with Gasteiger partial charge in [0, 0.05) is 12.7 Å². The monoisotopic (exact) mass is 233 g/mol. The number of hydrogen-bond donors (Lipinski definition) is 2. The van der Waals surface area contributed by atoms with Gasteiger partial charge >= 0.3 is 6.18 Å². The molecule has 0 aliphatic heterocycles. The minimum absolute atomic E-state index is 0.177. The molecule has 88 valence electrons. The Morgan fingerprint density at radius 3 is 2.62 bits per heavy atom. The average Bonchev–Trinajstić information content (AvgIpc) is 2.16. The second-order valence-electron chi connectivity index (χ2n) is 3.09. The van der Waals surface area contributed by atoms with E-state index >= 15 is 0 Å². The predicted octanol–water partition coefficient (Wildman–Crippen LogP) is 1.35. The minimum atomic E-state index is -4.27. The lowest BCUT2D eigenvalue weighted by Crippen LogP contribution is -2.28. The largest absolute Gasteiger partial charge is 0.390 e. The van der Waals surface area contributed by atoms with Crippen LogP contribution < -0.4 is 11.1 Å². The molecule has 0 spiro atoms. The maximum Gasteiger partial charge on any atom is 0.390 e. The van der Waals surface area contributed by atoms with Crippen molar-refractivity contribution in [2.24, 2.45) is 0 Å². The molecule has 3 N–H and O–H groups in total. The van der Waals surface area contributed by atoms with Crippen LogP contribution in [-0.2, 0) is 0 Å². The summed E-state index contributed by atoms with van der Waals surface area (Å²) in [6.45, 7) is -0.452. The third-order valence-electron chi connectivity index (χ3n) is 1.74. The van der Waals surface area contributed by atoms with E-state index in [1.807, 2.05) is 0 Å². The lowest BCUT2D eigenvalue weighted by molar-refractivity contribution is -0.132. The minimum Gasteiger partial charge on any atom is -0.384 e. The fraction of sp³-hybridized carbons (Fsp3) is 0.333. The Labute approximate surface area is 89.7 Å². The number of nitrogens with zero attached hydrogens (tertiary/aromatic N) is 1. The van der Waals surface area contributed by atoms with E-state index in [-0.39, 0.29) is 11.4 Å². The summed E-state index contributed by atoms with van der Waals surface area (Å²) < 4.78 is 35.3. The van der Waals surface area contributed by atoms with Crippen LogP contribution >= 0.6 is 0 Å². The van der Waals surface area contributed by atoms with Gasteiger partial charge in [0.1, 0.15) is 5.82 Å². The summed E-state index contributed by atoms with van der Waals surface area (Å²) >= 11 is 0. The summed E-state index contributed by atoms with van der Waals surface area (Å²) in [6.07, 6.45) is -4.12. The van der Waals surface area contributed by atoms with Gasteiger partial charge in [-0.05, 0) is 12.1 Å². The lowest BCUT2D eigenvalue weighted by Gasteiger charge is -2.07. The molecule has 0 fully saturated rings. The molecule has 0 atom stereocenters. The smallest absolute Gasteiger partial charge is 0.384 e. The molecular weight excluding hydrogens is 223 g/mol. The first-order valence-electron chi connectivity index (χ1n) is 4.45. The standard InChI is InChI=1S/C9H10F3N3O/c10-9(11,12)3-4-14-8(16)6-1-2-7(13)15-5-6/h1-2,5H,3-4H2,(H2,13,15)(H,14,16). The zero-order valence-electron chi connectivity index (χ0n) is 8.21. The molecular formula is C9H10F3N3O. The number of hydrogen-bond acceptors (Lipinski definition) is 3. The van der Waals surface area contributed by atoms with Crippen LogP contribution in [0.3, 0.4) is 0 Å². The van der Waals surface area contributed by atoms with Gasteiger partial charge < -0.3 is 11.1 Å². The number of halogens is 3. The van der Waals surface area contributed by atoms with E-state index < -0.39 is 25.0 Å². The zero-order chi connectivity index (χ0) is 12.2. The number of nitrogens with two attached hydrogens (primary N) is 1. The fourth-order valence-corrected chi connectivity index (χ4v) is 0.959. The first kappa shape index (κ1) is 12.3. The van der Waals surface area contributed by atoms with Gasteiger partial charge in [-0.3, -0.25) is 4.79 Å². The summed E-state index contributed by atoms with van der Waals surface area (Å²) in [7, 11) is 0. The molecule has 0 aromatic carbocycles.